The van der Waals surface area contributed by atoms with Gasteiger partial charge in [0.25, 0.3) is 0 Å². The van der Waals surface area contributed by atoms with Crippen molar-refractivity contribution in [1.29, 1.82) is 0 Å². The molecule has 1 aromatic heterocycles. The molecule has 1 fully saturated rings. The number of halogens is 1. The highest BCUT2D eigenvalue weighted by Gasteiger charge is 2.38. The zero-order valence-corrected chi connectivity index (χ0v) is 17.3. The van der Waals surface area contributed by atoms with Crippen LogP contribution in [-0.4, -0.2) is 57.8 Å². The highest BCUT2D eigenvalue weighted by molar-refractivity contribution is 9.10. The van der Waals surface area contributed by atoms with Gasteiger partial charge >= 0.3 is 6.09 Å². The fourth-order valence-corrected chi connectivity index (χ4v) is 3.61. The molecular weight excluding hydrogens is 428 g/mol. The van der Waals surface area contributed by atoms with Gasteiger partial charge in [-0.05, 0) is 37.5 Å². The molecule has 28 heavy (non-hydrogen) atoms. The number of amides is 2. The van der Waals surface area contributed by atoms with Crippen LogP contribution in [0.3, 0.4) is 0 Å². The van der Waals surface area contributed by atoms with E-state index in [-0.39, 0.29) is 11.9 Å². The number of ether oxygens (including phenoxy) is 1. The molecule has 0 radical (unpaired) electrons. The number of aliphatic hydroxyl groups excluding tert-OH is 1. The number of aromatic nitrogens is 2. The molecule has 2 heterocycles. The Bertz CT molecular complexity index is 837. The number of alkyl carbamates (subject to hydrolysis) is 1. The lowest BCUT2D eigenvalue weighted by atomic mass is 10.1. The van der Waals surface area contributed by atoms with Crippen LogP contribution in [0.4, 0.5) is 4.79 Å². The first-order chi connectivity index (χ1) is 13.4. The highest BCUT2D eigenvalue weighted by Crippen LogP contribution is 2.32. The van der Waals surface area contributed by atoms with Gasteiger partial charge in [0, 0.05) is 11.0 Å². The number of benzene rings is 1. The molecular formula is C19H23BrN4O4. The topological polar surface area (TPSA) is 108 Å². The number of aromatic amines is 1. The summed E-state index contributed by atoms with van der Waals surface area (Å²) in [4.78, 5) is 34.0. The largest absolute Gasteiger partial charge is 0.453 e. The number of nitrogens with one attached hydrogen (secondary N) is 2. The van der Waals surface area contributed by atoms with E-state index in [2.05, 4.69) is 36.0 Å². The standard InChI is InChI=1S/C19H23BrN4O4/c1-11(25)16(23-19(27)28-2)18(26)24-9-3-4-15(24)17-21-10-14(22-17)12-5-7-13(20)8-6-12/h5-8,10-11,15-16,25H,3-4,9H2,1-2H3,(H,21,22)(H,23,27)/t11-,15+,16+/m1/s1. The number of imidazole rings is 1. The van der Waals surface area contributed by atoms with E-state index in [1.165, 1.54) is 14.0 Å². The van der Waals surface area contributed by atoms with Gasteiger partial charge in [0.2, 0.25) is 5.91 Å². The van der Waals surface area contributed by atoms with Gasteiger partial charge in [-0.15, -0.1) is 0 Å². The minimum Gasteiger partial charge on any atom is -0.453 e. The molecule has 2 amide bonds. The third-order valence-electron chi connectivity index (χ3n) is 4.81. The fraction of sp³-hybridized carbons (Fsp3) is 0.421. The van der Waals surface area contributed by atoms with E-state index in [0.717, 1.165) is 28.6 Å². The maximum Gasteiger partial charge on any atom is 0.407 e. The summed E-state index contributed by atoms with van der Waals surface area (Å²) in [5.74, 6) is 0.329. The number of carbonyl (C=O) groups excluding carboxylic acids is 2. The summed E-state index contributed by atoms with van der Waals surface area (Å²) in [7, 11) is 1.21. The Kier molecular flexibility index (Phi) is 6.35. The zero-order chi connectivity index (χ0) is 20.3. The van der Waals surface area contributed by atoms with Gasteiger partial charge in [0.15, 0.2) is 0 Å². The number of nitrogens with zero attached hydrogens (tertiary/aromatic N) is 2. The smallest absolute Gasteiger partial charge is 0.407 e. The van der Waals surface area contributed by atoms with E-state index in [1.54, 1.807) is 11.1 Å². The zero-order valence-electron chi connectivity index (χ0n) is 15.7. The van der Waals surface area contributed by atoms with Gasteiger partial charge in [-0.1, -0.05) is 28.1 Å². The lowest BCUT2D eigenvalue weighted by Crippen LogP contribution is -2.53. The first-order valence-electron chi connectivity index (χ1n) is 9.04. The monoisotopic (exact) mass is 450 g/mol. The predicted molar refractivity (Wildman–Crippen MR) is 106 cm³/mol. The summed E-state index contributed by atoms with van der Waals surface area (Å²) in [6.07, 6.45) is 1.51. The number of hydrogen-bond donors (Lipinski definition) is 3. The normalized spacial score (nSPS) is 18.6. The van der Waals surface area contributed by atoms with Crippen molar-refractivity contribution < 1.29 is 19.4 Å². The predicted octanol–water partition coefficient (Wildman–Crippen LogP) is 2.61. The van der Waals surface area contributed by atoms with Crippen LogP contribution in [0.25, 0.3) is 11.3 Å². The molecule has 3 N–H and O–H groups in total. The lowest BCUT2D eigenvalue weighted by molar-refractivity contribution is -0.137. The van der Waals surface area contributed by atoms with E-state index < -0.39 is 18.2 Å². The summed E-state index contributed by atoms with van der Waals surface area (Å²) in [5, 5.41) is 12.4. The van der Waals surface area contributed by atoms with Crippen molar-refractivity contribution in [3.05, 3.63) is 40.8 Å². The van der Waals surface area contributed by atoms with Crippen LogP contribution < -0.4 is 5.32 Å². The molecule has 0 spiro atoms. The third-order valence-corrected chi connectivity index (χ3v) is 5.34. The number of H-pyrrole nitrogens is 1. The van der Waals surface area contributed by atoms with E-state index in [4.69, 9.17) is 0 Å². The number of aliphatic hydroxyl groups is 1. The number of hydrogen-bond acceptors (Lipinski definition) is 5. The van der Waals surface area contributed by atoms with Crippen LogP contribution in [0.15, 0.2) is 34.9 Å². The van der Waals surface area contributed by atoms with Gasteiger partial charge in [-0.2, -0.15) is 0 Å². The second-order valence-corrected chi connectivity index (χ2v) is 7.65. The molecule has 3 atom stereocenters. The molecule has 1 aliphatic heterocycles. The number of rotatable bonds is 5. The summed E-state index contributed by atoms with van der Waals surface area (Å²) in [5.41, 5.74) is 1.86. The second-order valence-electron chi connectivity index (χ2n) is 6.73. The highest BCUT2D eigenvalue weighted by atomic mass is 79.9. The summed E-state index contributed by atoms with van der Waals surface area (Å²) < 4.78 is 5.55. The van der Waals surface area contributed by atoms with Gasteiger partial charge < -0.3 is 25.0 Å². The van der Waals surface area contributed by atoms with Gasteiger partial charge in [-0.25, -0.2) is 9.78 Å². The molecule has 150 valence electrons. The van der Waals surface area contributed by atoms with Crippen LogP contribution >= 0.6 is 15.9 Å². The Morgan fingerprint density at radius 2 is 2.11 bits per heavy atom. The average molecular weight is 451 g/mol. The Balaban J connectivity index is 1.79. The molecule has 8 nitrogen and oxygen atoms in total. The number of carbonyl (C=O) groups is 2. The first kappa shape index (κ1) is 20.3. The first-order valence-corrected chi connectivity index (χ1v) is 9.84. The van der Waals surface area contributed by atoms with E-state index in [0.29, 0.717) is 12.4 Å². The van der Waals surface area contributed by atoms with Gasteiger partial charge in [0.1, 0.15) is 11.9 Å². The third kappa shape index (κ3) is 4.36. The minimum atomic E-state index is -1.08. The van der Waals surface area contributed by atoms with Crippen LogP contribution in [0.2, 0.25) is 0 Å². The minimum absolute atomic E-state index is 0.239. The maximum atomic E-state index is 13.0. The Labute approximate surface area is 171 Å². The molecule has 0 unspecified atom stereocenters. The van der Waals surface area contributed by atoms with E-state index in [1.807, 2.05) is 24.3 Å². The number of likely N-dealkylation sites (tertiary alicyclic amines) is 1. The molecule has 3 rings (SSSR count). The van der Waals surface area contributed by atoms with Crippen LogP contribution in [-0.2, 0) is 9.53 Å². The second kappa shape index (κ2) is 8.74. The van der Waals surface area contributed by atoms with Gasteiger partial charge in [0.05, 0.1) is 31.1 Å². The van der Waals surface area contributed by atoms with Crippen molar-refractivity contribution >= 4 is 27.9 Å². The van der Waals surface area contributed by atoms with Crippen molar-refractivity contribution in [2.75, 3.05) is 13.7 Å². The Morgan fingerprint density at radius 3 is 2.75 bits per heavy atom. The van der Waals surface area contributed by atoms with E-state index in [9.17, 15) is 14.7 Å². The molecule has 0 aliphatic carbocycles. The van der Waals surface area contributed by atoms with Crippen molar-refractivity contribution in [2.45, 2.75) is 38.0 Å². The molecule has 1 aliphatic rings. The molecule has 0 bridgehead atoms. The Morgan fingerprint density at radius 1 is 1.39 bits per heavy atom. The molecule has 1 aromatic carbocycles. The van der Waals surface area contributed by atoms with Crippen molar-refractivity contribution in [3.63, 3.8) is 0 Å². The van der Waals surface area contributed by atoms with E-state index >= 15 is 0 Å². The quantitative estimate of drug-likeness (QED) is 0.648. The molecule has 9 heteroatoms. The summed E-state index contributed by atoms with van der Waals surface area (Å²) in [6.45, 7) is 1.99. The fourth-order valence-electron chi connectivity index (χ4n) is 3.35. The molecule has 1 saturated heterocycles. The Hall–Kier alpha value is -2.39. The lowest BCUT2D eigenvalue weighted by Gasteiger charge is -2.29. The van der Waals surface area contributed by atoms with Crippen LogP contribution in [0, 0.1) is 0 Å². The summed E-state index contributed by atoms with van der Waals surface area (Å²) >= 11 is 3.42. The van der Waals surface area contributed by atoms with Crippen LogP contribution in [0.1, 0.15) is 31.6 Å². The SMILES string of the molecule is COC(=O)N[C@H](C(=O)N1CCC[C@H]1c1ncc(-c2ccc(Br)cc2)[nH]1)[C@@H](C)O. The van der Waals surface area contributed by atoms with Crippen molar-refractivity contribution in [3.8, 4) is 11.3 Å². The maximum absolute atomic E-state index is 13.0. The van der Waals surface area contributed by atoms with Crippen LogP contribution in [0.5, 0.6) is 0 Å². The van der Waals surface area contributed by atoms with Crippen molar-refractivity contribution in [2.24, 2.45) is 0 Å². The number of methoxy groups -OCH3 is 1. The van der Waals surface area contributed by atoms with Crippen molar-refractivity contribution in [1.82, 2.24) is 20.2 Å². The van der Waals surface area contributed by atoms with Gasteiger partial charge in [-0.3, -0.25) is 4.79 Å². The summed E-state index contributed by atoms with van der Waals surface area (Å²) in [6, 6.07) is 6.54. The average Bonchev–Trinajstić information content (AvgIpc) is 3.34. The molecule has 0 saturated carbocycles. The molecule has 2 aromatic rings.